The lowest BCUT2D eigenvalue weighted by Gasteiger charge is -2.12. The van der Waals surface area contributed by atoms with Gasteiger partial charge in [0.1, 0.15) is 58.2 Å². The minimum atomic E-state index is -1.37. The van der Waals surface area contributed by atoms with Crippen molar-refractivity contribution in [1.29, 1.82) is 0 Å². The first-order valence-electron chi connectivity index (χ1n) is 29.3. The number of nitrogens with one attached hydrogen (secondary N) is 4. The fourth-order valence-corrected chi connectivity index (χ4v) is 11.3. The van der Waals surface area contributed by atoms with E-state index in [9.17, 15) is 103 Å². The first-order valence-corrected chi connectivity index (χ1v) is 29.7. The van der Waals surface area contributed by atoms with Crippen LogP contribution >= 0.6 is 11.6 Å². The number of halogens is 11. The SMILES string of the molecule is O=C(CC(C(=O)O)c1c[nH]c2ccc(F)cc12)c1ccc(F)cc1F.O=C(CC(C(=O)O)c1c[nH]c2cccc(Cl)c12)c1ccc(F)cc1F.O=C(CC(C(=O)O)c1c[nH]c2cccc(F)c12)c1ccc(F)cc1F.O=C(CC(C(=O)O)c1c[nH]c2ccccc12)c1ccc(F)cc1F. The third-order valence-electron chi connectivity index (χ3n) is 15.8. The molecule has 0 saturated heterocycles. The molecule has 8 N–H and O–H groups in total. The van der Waals surface area contributed by atoms with Crippen molar-refractivity contribution in [2.75, 3.05) is 0 Å². The molecule has 0 radical (unpaired) electrons. The van der Waals surface area contributed by atoms with Gasteiger partial charge >= 0.3 is 23.9 Å². The van der Waals surface area contributed by atoms with E-state index >= 15 is 0 Å². The van der Waals surface area contributed by atoms with Gasteiger partial charge in [-0.2, -0.15) is 0 Å². The predicted octanol–water partition coefficient (Wildman–Crippen LogP) is 16.5. The molecule has 0 saturated carbocycles. The van der Waals surface area contributed by atoms with Crippen LogP contribution in [0.3, 0.4) is 0 Å². The number of carbonyl (C=O) groups is 8. The number of aromatic nitrogens is 4. The Morgan fingerprint density at radius 1 is 0.313 bits per heavy atom. The van der Waals surface area contributed by atoms with Gasteiger partial charge in [-0.05, 0) is 119 Å². The fourth-order valence-electron chi connectivity index (χ4n) is 11.0. The third-order valence-corrected chi connectivity index (χ3v) is 16.2. The lowest BCUT2D eigenvalue weighted by atomic mass is 9.91. The maximum atomic E-state index is 14.1. The molecule has 0 aliphatic rings. The van der Waals surface area contributed by atoms with Gasteiger partial charge in [-0.25, -0.2) is 43.9 Å². The van der Waals surface area contributed by atoms with E-state index in [1.54, 1.807) is 48.5 Å². The van der Waals surface area contributed by atoms with Gasteiger partial charge in [0, 0.05) is 118 Å². The summed E-state index contributed by atoms with van der Waals surface area (Å²) in [6.07, 6.45) is 3.70. The summed E-state index contributed by atoms with van der Waals surface area (Å²) in [5.41, 5.74) is 1.93. The molecule has 99 heavy (non-hydrogen) atoms. The summed E-state index contributed by atoms with van der Waals surface area (Å²) in [5, 5.41) is 39.9. The number of aromatic amines is 4. The average molecular weight is 1390 g/mol. The van der Waals surface area contributed by atoms with Crippen LogP contribution in [0.1, 0.15) is 113 Å². The Morgan fingerprint density at radius 2 is 0.616 bits per heavy atom. The van der Waals surface area contributed by atoms with Crippen LogP contribution in [0, 0.1) is 58.2 Å². The van der Waals surface area contributed by atoms with Gasteiger partial charge < -0.3 is 40.4 Å². The average Bonchev–Trinajstić information content (AvgIpc) is 1.70. The number of carboxylic acid groups (broad SMARTS) is 4. The molecular weight excluding hydrogens is 1340 g/mol. The van der Waals surface area contributed by atoms with Crippen molar-refractivity contribution in [2.24, 2.45) is 0 Å². The van der Waals surface area contributed by atoms with E-state index in [1.807, 2.05) is 0 Å². The highest BCUT2D eigenvalue weighted by Gasteiger charge is 2.33. The first-order chi connectivity index (χ1) is 47.1. The zero-order valence-electron chi connectivity index (χ0n) is 50.6. The number of benzene rings is 8. The molecular formula is C72H49ClF10N4O12. The number of fused-ring (bicyclic) bond motifs is 4. The quantitative estimate of drug-likeness (QED) is 0.0261. The van der Waals surface area contributed by atoms with E-state index in [1.165, 1.54) is 55.1 Å². The number of hydrogen-bond donors (Lipinski definition) is 8. The van der Waals surface area contributed by atoms with Crippen LogP contribution in [-0.4, -0.2) is 87.4 Å². The van der Waals surface area contributed by atoms with Crippen LogP contribution in [0.15, 0.2) is 176 Å². The standard InChI is InChI=1S/C18H12ClF2NO3.2C18H12F3NO3.C18H13F2NO3/c19-13-2-1-3-15-17(13)12(8-22-15)11(18(24)25)7-16(23)10-5-4-9(20)6-14(10)21;19-9-2-4-16-12(5-9)14(8-22-16)13(18(24)25)7-17(23)11-3-1-10(20)6-15(11)21;19-9-4-5-10(14(21)6-9)16(23)7-11(18(24)25)12-8-22-15-3-1-2-13(20)17(12)15;19-10-5-6-12(15(20)7-10)17(22)8-13(18(23)24)14-9-21-16-4-2-1-3-11(14)16/h1-6,8,11,22H,7H2,(H,24,25);1-6,8,13,22H,7H2,(H,24,25);1-6,8,11,22H,7H2,(H,24,25);1-7,9,13,21H,8H2,(H,23,24). The van der Waals surface area contributed by atoms with E-state index in [4.69, 9.17) is 11.6 Å². The van der Waals surface area contributed by atoms with E-state index in [-0.39, 0.29) is 27.6 Å². The van der Waals surface area contributed by atoms with Crippen molar-refractivity contribution in [1.82, 2.24) is 19.9 Å². The maximum Gasteiger partial charge on any atom is 0.311 e. The number of carboxylic acids is 4. The summed E-state index contributed by atoms with van der Waals surface area (Å²) in [4.78, 5) is 107. The second kappa shape index (κ2) is 30.9. The van der Waals surface area contributed by atoms with Gasteiger partial charge in [-0.1, -0.05) is 41.9 Å². The largest absolute Gasteiger partial charge is 0.481 e. The second-order valence-corrected chi connectivity index (χ2v) is 22.5. The molecule has 4 heterocycles. The Morgan fingerprint density at radius 3 is 1.02 bits per heavy atom. The Balaban J connectivity index is 0.000000154. The van der Waals surface area contributed by atoms with Crippen molar-refractivity contribution >= 4 is 102 Å². The van der Waals surface area contributed by atoms with Crippen LogP contribution in [0.25, 0.3) is 43.6 Å². The summed E-state index contributed by atoms with van der Waals surface area (Å²) in [7, 11) is 0. The summed E-state index contributed by atoms with van der Waals surface area (Å²) >= 11 is 6.15. The van der Waals surface area contributed by atoms with Gasteiger partial charge in [0.25, 0.3) is 0 Å². The number of carbonyl (C=O) groups excluding carboxylic acids is 4. The number of rotatable bonds is 20. The van der Waals surface area contributed by atoms with Crippen LogP contribution in [0.2, 0.25) is 5.02 Å². The van der Waals surface area contributed by atoms with Gasteiger partial charge in [-0.15, -0.1) is 0 Å². The number of ketones is 4. The van der Waals surface area contributed by atoms with E-state index < -0.39 is 166 Å². The highest BCUT2D eigenvalue weighted by molar-refractivity contribution is 6.35. The summed E-state index contributed by atoms with van der Waals surface area (Å²) in [6, 6.07) is 30.2. The molecule has 0 spiro atoms. The van der Waals surface area contributed by atoms with E-state index in [0.717, 1.165) is 54.0 Å². The second-order valence-electron chi connectivity index (χ2n) is 22.1. The van der Waals surface area contributed by atoms with E-state index in [2.05, 4.69) is 19.9 Å². The maximum absolute atomic E-state index is 14.1. The number of Topliss-reactive ketones (excluding diaryl/α,β-unsaturated/α-hetero) is 4. The Hall–Kier alpha value is -11.9. The minimum Gasteiger partial charge on any atom is -0.481 e. The van der Waals surface area contributed by atoms with Crippen molar-refractivity contribution in [2.45, 2.75) is 49.4 Å². The highest BCUT2D eigenvalue weighted by atomic mass is 35.5. The lowest BCUT2D eigenvalue weighted by molar-refractivity contribution is -0.139. The molecule has 0 amide bonds. The molecule has 0 aliphatic heterocycles. The number of hydrogen-bond acceptors (Lipinski definition) is 8. The van der Waals surface area contributed by atoms with Crippen LogP contribution in [0.4, 0.5) is 43.9 Å². The molecule has 8 aromatic carbocycles. The monoisotopic (exact) mass is 1390 g/mol. The van der Waals surface area contributed by atoms with Crippen LogP contribution < -0.4 is 0 Å². The topological polar surface area (TPSA) is 281 Å². The molecule has 12 rings (SSSR count). The molecule has 16 nitrogen and oxygen atoms in total. The van der Waals surface area contributed by atoms with Crippen molar-refractivity contribution in [3.8, 4) is 0 Å². The molecule has 0 aliphatic carbocycles. The predicted molar refractivity (Wildman–Crippen MR) is 341 cm³/mol. The Bertz CT molecular complexity index is 4980. The summed E-state index contributed by atoms with van der Waals surface area (Å²) < 4.78 is 134. The molecule has 27 heteroatoms. The molecule has 4 unspecified atom stereocenters. The highest BCUT2D eigenvalue weighted by Crippen LogP contribution is 2.37. The van der Waals surface area contributed by atoms with Gasteiger partial charge in [0.15, 0.2) is 23.1 Å². The summed E-state index contributed by atoms with van der Waals surface area (Å²) in [6.45, 7) is 0. The molecule has 506 valence electrons. The Labute approximate surface area is 556 Å². The smallest absolute Gasteiger partial charge is 0.311 e. The van der Waals surface area contributed by atoms with Crippen molar-refractivity contribution < 1.29 is 103 Å². The van der Waals surface area contributed by atoms with Crippen molar-refractivity contribution in [3.05, 3.63) is 284 Å². The number of aliphatic carboxylic acids is 4. The fraction of sp³-hybridized carbons (Fsp3) is 0.111. The normalized spacial score (nSPS) is 12.3. The first kappa shape index (κ1) is 71.4. The van der Waals surface area contributed by atoms with E-state index in [0.29, 0.717) is 73.1 Å². The Kier molecular flexibility index (Phi) is 22.2. The summed E-state index contributed by atoms with van der Waals surface area (Å²) in [5.74, 6) is -21.7. The lowest BCUT2D eigenvalue weighted by Crippen LogP contribution is -2.17. The minimum absolute atomic E-state index is 0.0716. The molecule has 4 atom stereocenters. The van der Waals surface area contributed by atoms with Gasteiger partial charge in [0.2, 0.25) is 0 Å². The van der Waals surface area contributed by atoms with Crippen LogP contribution in [-0.2, 0) is 19.2 Å². The third kappa shape index (κ3) is 16.5. The molecule has 0 fully saturated rings. The van der Waals surface area contributed by atoms with Crippen LogP contribution in [0.5, 0.6) is 0 Å². The zero-order chi connectivity index (χ0) is 71.7. The number of para-hydroxylation sites is 1. The zero-order valence-corrected chi connectivity index (χ0v) is 51.3. The van der Waals surface area contributed by atoms with Crippen molar-refractivity contribution in [3.63, 3.8) is 0 Å². The molecule has 0 bridgehead atoms. The molecule has 4 aromatic heterocycles. The van der Waals surface area contributed by atoms with Gasteiger partial charge in [0.05, 0.1) is 50.9 Å². The molecule has 12 aromatic rings. The van der Waals surface area contributed by atoms with Gasteiger partial charge in [-0.3, -0.25) is 38.4 Å². The number of H-pyrrole nitrogens is 4.